The van der Waals surface area contributed by atoms with Crippen LogP contribution in [0.3, 0.4) is 0 Å². The van der Waals surface area contributed by atoms with E-state index < -0.39 is 0 Å². The average Bonchev–Trinajstić information content (AvgIpc) is 2.65. The summed E-state index contributed by atoms with van der Waals surface area (Å²) in [5.74, 6) is 0. The Bertz CT molecular complexity index is 488. The van der Waals surface area contributed by atoms with Gasteiger partial charge in [0.05, 0.1) is 12.1 Å². The lowest BCUT2D eigenvalue weighted by molar-refractivity contribution is 0.129. The highest BCUT2D eigenvalue weighted by Crippen LogP contribution is 2.25. The lowest BCUT2D eigenvalue weighted by Gasteiger charge is -2.07. The number of hydrogen-bond donors (Lipinski definition) is 1. The van der Waals surface area contributed by atoms with E-state index in [1.807, 2.05) is 19.1 Å². The molecule has 0 aliphatic carbocycles. The second-order valence-electron chi connectivity index (χ2n) is 3.80. The molecule has 2 N–H and O–H groups in total. The highest BCUT2D eigenvalue weighted by molar-refractivity contribution is 5.92. The van der Waals surface area contributed by atoms with E-state index in [0.29, 0.717) is 6.61 Å². The van der Waals surface area contributed by atoms with Gasteiger partial charge in [-0.3, -0.25) is 0 Å². The third kappa shape index (κ3) is 1.78. The van der Waals surface area contributed by atoms with Gasteiger partial charge in [-0.05, 0) is 32.0 Å². The van der Waals surface area contributed by atoms with Crippen molar-refractivity contribution in [3.8, 4) is 0 Å². The van der Waals surface area contributed by atoms with Crippen LogP contribution in [0.1, 0.15) is 19.5 Å². The zero-order valence-corrected chi connectivity index (χ0v) is 9.86. The Morgan fingerprint density at radius 1 is 1.31 bits per heavy atom. The first-order valence-electron chi connectivity index (χ1n) is 5.72. The Balaban J connectivity index is 2.52. The van der Waals surface area contributed by atoms with Gasteiger partial charge in [0.2, 0.25) is 0 Å². The van der Waals surface area contributed by atoms with Crippen LogP contribution in [0.5, 0.6) is 0 Å². The molecule has 0 aliphatic rings. The molecule has 1 aromatic carbocycles. The predicted octanol–water partition coefficient (Wildman–Crippen LogP) is 2.78. The maximum absolute atomic E-state index is 5.97. The quantitative estimate of drug-likeness (QED) is 0.801. The Hall–Kier alpha value is -1.48. The zero-order valence-electron chi connectivity index (χ0n) is 9.86. The second-order valence-corrected chi connectivity index (χ2v) is 3.80. The summed E-state index contributed by atoms with van der Waals surface area (Å²) >= 11 is 0. The minimum Gasteiger partial charge on any atom is -0.398 e. The van der Waals surface area contributed by atoms with E-state index in [2.05, 4.69) is 23.6 Å². The number of nitrogens with zero attached hydrogens (tertiary/aromatic N) is 1. The molecule has 1 aromatic heterocycles. The van der Waals surface area contributed by atoms with Crippen LogP contribution in [0.4, 0.5) is 5.69 Å². The molecule has 0 unspecified atom stereocenters. The number of benzene rings is 1. The van der Waals surface area contributed by atoms with Crippen LogP contribution in [0, 0.1) is 0 Å². The lowest BCUT2D eigenvalue weighted by atomic mass is 10.2. The van der Waals surface area contributed by atoms with E-state index in [1.54, 1.807) is 0 Å². The molecular weight excluding hydrogens is 200 g/mol. The summed E-state index contributed by atoms with van der Waals surface area (Å²) in [6, 6.07) is 8.16. The van der Waals surface area contributed by atoms with Gasteiger partial charge < -0.3 is 15.0 Å². The number of fused-ring (bicyclic) bond motifs is 1. The number of aryl methyl sites for hydroxylation is 1. The van der Waals surface area contributed by atoms with Crippen molar-refractivity contribution in [2.75, 3.05) is 12.3 Å². The van der Waals surface area contributed by atoms with E-state index in [0.717, 1.165) is 24.2 Å². The number of anilines is 1. The van der Waals surface area contributed by atoms with Gasteiger partial charge in [0.1, 0.15) is 0 Å². The molecule has 0 spiro atoms. The Labute approximate surface area is 95.8 Å². The third-order valence-corrected chi connectivity index (χ3v) is 2.84. The van der Waals surface area contributed by atoms with E-state index in [1.165, 1.54) is 11.2 Å². The topological polar surface area (TPSA) is 40.2 Å². The Morgan fingerprint density at radius 2 is 2.12 bits per heavy atom. The van der Waals surface area contributed by atoms with Crippen molar-refractivity contribution in [2.45, 2.75) is 27.0 Å². The van der Waals surface area contributed by atoms with Gasteiger partial charge in [0, 0.05) is 29.9 Å². The first-order valence-corrected chi connectivity index (χ1v) is 5.72. The van der Waals surface area contributed by atoms with Crippen molar-refractivity contribution in [3.63, 3.8) is 0 Å². The van der Waals surface area contributed by atoms with Gasteiger partial charge in [-0.2, -0.15) is 0 Å². The van der Waals surface area contributed by atoms with E-state index >= 15 is 0 Å². The highest BCUT2D eigenvalue weighted by atomic mass is 16.5. The number of ether oxygens (including phenoxy) is 1. The number of aromatic nitrogens is 1. The van der Waals surface area contributed by atoms with Crippen LogP contribution >= 0.6 is 0 Å². The highest BCUT2D eigenvalue weighted by Gasteiger charge is 2.08. The van der Waals surface area contributed by atoms with Gasteiger partial charge in [0.25, 0.3) is 0 Å². The molecule has 2 aromatic rings. The van der Waals surface area contributed by atoms with Crippen LogP contribution in [0.25, 0.3) is 10.9 Å². The Kier molecular flexibility index (Phi) is 3.15. The second kappa shape index (κ2) is 4.58. The van der Waals surface area contributed by atoms with Crippen LogP contribution in [0.15, 0.2) is 24.3 Å². The maximum Gasteiger partial charge on any atom is 0.0868 e. The molecule has 1 heterocycles. The largest absolute Gasteiger partial charge is 0.398 e. The average molecular weight is 218 g/mol. The molecule has 0 saturated carbocycles. The minimum atomic E-state index is 0.651. The minimum absolute atomic E-state index is 0.651. The molecule has 0 aliphatic heterocycles. The smallest absolute Gasteiger partial charge is 0.0868 e. The van der Waals surface area contributed by atoms with Gasteiger partial charge in [-0.15, -0.1) is 0 Å². The lowest BCUT2D eigenvalue weighted by Crippen LogP contribution is -2.02. The Morgan fingerprint density at radius 3 is 2.81 bits per heavy atom. The molecule has 0 amide bonds. The fraction of sp³-hybridized carbons (Fsp3) is 0.385. The van der Waals surface area contributed by atoms with Crippen molar-refractivity contribution in [2.24, 2.45) is 0 Å². The van der Waals surface area contributed by atoms with Crippen molar-refractivity contribution in [3.05, 3.63) is 30.0 Å². The molecule has 0 atom stereocenters. The van der Waals surface area contributed by atoms with Gasteiger partial charge in [-0.25, -0.2) is 0 Å². The van der Waals surface area contributed by atoms with Crippen LogP contribution in [-0.2, 0) is 17.9 Å². The van der Waals surface area contributed by atoms with Gasteiger partial charge in [0.15, 0.2) is 0 Å². The normalized spacial score (nSPS) is 11.1. The summed E-state index contributed by atoms with van der Waals surface area (Å²) in [6.07, 6.45) is 0. The van der Waals surface area contributed by atoms with Crippen LogP contribution < -0.4 is 5.73 Å². The fourth-order valence-electron chi connectivity index (χ4n) is 2.06. The molecule has 3 nitrogen and oxygen atoms in total. The summed E-state index contributed by atoms with van der Waals surface area (Å²) in [4.78, 5) is 0. The molecule has 0 radical (unpaired) electrons. The van der Waals surface area contributed by atoms with Crippen molar-refractivity contribution < 1.29 is 4.74 Å². The first-order chi connectivity index (χ1) is 7.77. The molecular formula is C13H18N2O. The summed E-state index contributed by atoms with van der Waals surface area (Å²) in [6.45, 7) is 6.47. The summed E-state index contributed by atoms with van der Waals surface area (Å²) in [5.41, 5.74) is 9.19. The monoisotopic (exact) mass is 218 g/mol. The fourth-order valence-corrected chi connectivity index (χ4v) is 2.06. The summed E-state index contributed by atoms with van der Waals surface area (Å²) in [5, 5.41) is 1.12. The number of rotatable bonds is 4. The molecule has 2 rings (SSSR count). The molecule has 3 heteroatoms. The van der Waals surface area contributed by atoms with E-state index in [-0.39, 0.29) is 0 Å². The summed E-state index contributed by atoms with van der Waals surface area (Å²) < 4.78 is 7.72. The number of hydrogen-bond acceptors (Lipinski definition) is 2. The molecule has 0 saturated heterocycles. The van der Waals surface area contributed by atoms with Crippen molar-refractivity contribution >= 4 is 16.6 Å². The van der Waals surface area contributed by atoms with E-state index in [4.69, 9.17) is 10.5 Å². The standard InChI is InChI=1S/C13H18N2O/c1-3-15-10(9-16-4-2)8-11-12(14)6-5-7-13(11)15/h5-8H,3-4,9,14H2,1-2H3. The van der Waals surface area contributed by atoms with Crippen molar-refractivity contribution in [1.29, 1.82) is 0 Å². The molecule has 0 fully saturated rings. The third-order valence-electron chi connectivity index (χ3n) is 2.84. The first kappa shape index (κ1) is 11.0. The van der Waals surface area contributed by atoms with Gasteiger partial charge in [-0.1, -0.05) is 6.07 Å². The number of nitrogens with two attached hydrogens (primary N) is 1. The van der Waals surface area contributed by atoms with Gasteiger partial charge >= 0.3 is 0 Å². The SMILES string of the molecule is CCOCc1cc2c(N)cccc2n1CC. The number of nitrogen functional groups attached to an aromatic ring is 1. The molecule has 86 valence electrons. The predicted molar refractivity (Wildman–Crippen MR) is 67.4 cm³/mol. The molecule has 16 heavy (non-hydrogen) atoms. The summed E-state index contributed by atoms with van der Waals surface area (Å²) in [7, 11) is 0. The zero-order chi connectivity index (χ0) is 11.5. The van der Waals surface area contributed by atoms with Crippen molar-refractivity contribution in [1.82, 2.24) is 4.57 Å². The van der Waals surface area contributed by atoms with Crippen LogP contribution in [-0.4, -0.2) is 11.2 Å². The van der Waals surface area contributed by atoms with E-state index in [9.17, 15) is 0 Å². The van der Waals surface area contributed by atoms with Crippen LogP contribution in [0.2, 0.25) is 0 Å². The molecule has 0 bridgehead atoms. The maximum atomic E-state index is 5.97.